The van der Waals surface area contributed by atoms with Crippen LogP contribution in [-0.4, -0.2) is 12.1 Å². The molecule has 0 atom stereocenters. The first-order chi connectivity index (χ1) is 5.24. The molecule has 0 unspecified atom stereocenters. The van der Waals surface area contributed by atoms with Crippen molar-refractivity contribution < 1.29 is 4.79 Å². The van der Waals surface area contributed by atoms with Crippen molar-refractivity contribution in [3.63, 3.8) is 0 Å². The zero-order valence-corrected chi connectivity index (χ0v) is 5.87. The zero-order chi connectivity index (χ0) is 8.27. The Morgan fingerprint density at radius 2 is 1.91 bits per heavy atom. The SMILES string of the molecule is N=Cc1ccc(C(N)=O)cc1. The van der Waals surface area contributed by atoms with E-state index in [9.17, 15) is 4.79 Å². The van der Waals surface area contributed by atoms with E-state index in [0.717, 1.165) is 5.56 Å². The summed E-state index contributed by atoms with van der Waals surface area (Å²) in [5.74, 6) is -0.443. The van der Waals surface area contributed by atoms with E-state index >= 15 is 0 Å². The van der Waals surface area contributed by atoms with Gasteiger partial charge in [-0.1, -0.05) is 12.1 Å². The van der Waals surface area contributed by atoms with Gasteiger partial charge in [-0.3, -0.25) is 4.79 Å². The van der Waals surface area contributed by atoms with Crippen molar-refractivity contribution in [1.29, 1.82) is 5.41 Å². The van der Waals surface area contributed by atoms with Gasteiger partial charge >= 0.3 is 0 Å². The Morgan fingerprint density at radius 1 is 1.36 bits per heavy atom. The summed E-state index contributed by atoms with van der Waals surface area (Å²) in [5, 5.41) is 6.88. The molecule has 0 fully saturated rings. The normalized spacial score (nSPS) is 9.09. The smallest absolute Gasteiger partial charge is 0.248 e. The molecule has 3 heteroatoms. The average Bonchev–Trinajstić information content (AvgIpc) is 2.05. The molecule has 1 aromatic carbocycles. The van der Waals surface area contributed by atoms with E-state index in [0.29, 0.717) is 5.56 Å². The highest BCUT2D eigenvalue weighted by Crippen LogP contribution is 2.00. The molecule has 56 valence electrons. The van der Waals surface area contributed by atoms with Crippen LogP contribution in [0.15, 0.2) is 24.3 Å². The molecule has 0 radical (unpaired) electrons. The van der Waals surface area contributed by atoms with E-state index in [-0.39, 0.29) is 0 Å². The molecule has 11 heavy (non-hydrogen) atoms. The highest BCUT2D eigenvalue weighted by molar-refractivity contribution is 5.93. The predicted octanol–water partition coefficient (Wildman–Crippen LogP) is 0.783. The van der Waals surface area contributed by atoms with Gasteiger partial charge in [0.2, 0.25) is 5.91 Å². The van der Waals surface area contributed by atoms with Crippen molar-refractivity contribution in [3.8, 4) is 0 Å². The molecule has 0 saturated carbocycles. The molecule has 0 aromatic heterocycles. The summed E-state index contributed by atoms with van der Waals surface area (Å²) in [4.78, 5) is 10.6. The second-order valence-corrected chi connectivity index (χ2v) is 2.13. The molecule has 0 bridgehead atoms. The molecule has 0 aliphatic carbocycles. The average molecular weight is 148 g/mol. The summed E-state index contributed by atoms with van der Waals surface area (Å²) in [7, 11) is 0. The van der Waals surface area contributed by atoms with Crippen LogP contribution in [0.5, 0.6) is 0 Å². The van der Waals surface area contributed by atoms with Crippen LogP contribution >= 0.6 is 0 Å². The second-order valence-electron chi connectivity index (χ2n) is 2.13. The van der Waals surface area contributed by atoms with Gasteiger partial charge in [0.1, 0.15) is 0 Å². The number of rotatable bonds is 2. The molecule has 0 saturated heterocycles. The van der Waals surface area contributed by atoms with Crippen molar-refractivity contribution in [2.45, 2.75) is 0 Å². The molecule has 0 heterocycles. The first kappa shape index (κ1) is 7.47. The van der Waals surface area contributed by atoms with Crippen LogP contribution in [0.4, 0.5) is 0 Å². The van der Waals surface area contributed by atoms with E-state index in [1.165, 1.54) is 6.21 Å². The first-order valence-corrected chi connectivity index (χ1v) is 3.14. The number of hydrogen-bond acceptors (Lipinski definition) is 2. The Kier molecular flexibility index (Phi) is 2.01. The van der Waals surface area contributed by atoms with Crippen molar-refractivity contribution in [1.82, 2.24) is 0 Å². The molecule has 1 rings (SSSR count). The van der Waals surface area contributed by atoms with Crippen LogP contribution in [0.2, 0.25) is 0 Å². The Morgan fingerprint density at radius 3 is 2.27 bits per heavy atom. The largest absolute Gasteiger partial charge is 0.366 e. The summed E-state index contributed by atoms with van der Waals surface area (Å²) in [6.45, 7) is 0. The fourth-order valence-electron chi connectivity index (χ4n) is 0.744. The van der Waals surface area contributed by atoms with Crippen LogP contribution in [-0.2, 0) is 0 Å². The van der Waals surface area contributed by atoms with Crippen LogP contribution in [0.3, 0.4) is 0 Å². The predicted molar refractivity (Wildman–Crippen MR) is 42.8 cm³/mol. The van der Waals surface area contributed by atoms with Gasteiger partial charge in [0.15, 0.2) is 0 Å². The van der Waals surface area contributed by atoms with Gasteiger partial charge in [0, 0.05) is 11.8 Å². The van der Waals surface area contributed by atoms with Gasteiger partial charge in [-0.05, 0) is 17.7 Å². The zero-order valence-electron chi connectivity index (χ0n) is 5.87. The minimum absolute atomic E-state index is 0.443. The van der Waals surface area contributed by atoms with Crippen molar-refractivity contribution in [2.75, 3.05) is 0 Å². The number of carbonyl (C=O) groups is 1. The molecule has 0 aliphatic rings. The van der Waals surface area contributed by atoms with Crippen LogP contribution in [0.25, 0.3) is 0 Å². The molecule has 0 aliphatic heterocycles. The maximum absolute atomic E-state index is 10.6. The van der Waals surface area contributed by atoms with Gasteiger partial charge in [0.25, 0.3) is 0 Å². The summed E-state index contributed by atoms with van der Waals surface area (Å²) in [6.07, 6.45) is 1.21. The third-order valence-corrected chi connectivity index (χ3v) is 1.36. The lowest BCUT2D eigenvalue weighted by Crippen LogP contribution is -2.10. The van der Waals surface area contributed by atoms with Crippen molar-refractivity contribution in [3.05, 3.63) is 35.4 Å². The van der Waals surface area contributed by atoms with Crippen LogP contribution < -0.4 is 5.73 Å². The first-order valence-electron chi connectivity index (χ1n) is 3.14. The van der Waals surface area contributed by atoms with E-state index in [4.69, 9.17) is 11.1 Å². The second kappa shape index (κ2) is 2.96. The Balaban J connectivity index is 3.00. The number of nitrogens with one attached hydrogen (secondary N) is 1. The fraction of sp³-hybridized carbons (Fsp3) is 0. The summed E-state index contributed by atoms with van der Waals surface area (Å²) in [5.41, 5.74) is 6.24. The molecule has 1 amide bonds. The molecular weight excluding hydrogens is 140 g/mol. The minimum atomic E-state index is -0.443. The van der Waals surface area contributed by atoms with E-state index < -0.39 is 5.91 Å². The van der Waals surface area contributed by atoms with Crippen molar-refractivity contribution >= 4 is 12.1 Å². The number of amides is 1. The van der Waals surface area contributed by atoms with E-state index in [1.807, 2.05) is 0 Å². The number of hydrogen-bond donors (Lipinski definition) is 2. The van der Waals surface area contributed by atoms with Gasteiger partial charge in [0.05, 0.1) is 0 Å². The monoisotopic (exact) mass is 148 g/mol. The number of benzene rings is 1. The molecule has 0 spiro atoms. The quantitative estimate of drug-likeness (QED) is 0.598. The highest BCUT2D eigenvalue weighted by atomic mass is 16.1. The molecule has 1 aromatic rings. The van der Waals surface area contributed by atoms with Crippen LogP contribution in [0, 0.1) is 5.41 Å². The maximum Gasteiger partial charge on any atom is 0.248 e. The lowest BCUT2D eigenvalue weighted by atomic mass is 10.1. The Bertz CT molecular complexity index is 277. The number of carbonyl (C=O) groups excluding carboxylic acids is 1. The van der Waals surface area contributed by atoms with E-state index in [1.54, 1.807) is 24.3 Å². The van der Waals surface area contributed by atoms with Gasteiger partial charge in [-0.2, -0.15) is 0 Å². The van der Waals surface area contributed by atoms with Gasteiger partial charge in [-0.15, -0.1) is 0 Å². The molecular formula is C8H8N2O. The number of primary amides is 1. The lowest BCUT2D eigenvalue weighted by Gasteiger charge is -1.94. The highest BCUT2D eigenvalue weighted by Gasteiger charge is 1.96. The maximum atomic E-state index is 10.6. The summed E-state index contributed by atoms with van der Waals surface area (Å²) < 4.78 is 0. The van der Waals surface area contributed by atoms with Gasteiger partial charge in [-0.25, -0.2) is 0 Å². The third-order valence-electron chi connectivity index (χ3n) is 1.36. The Hall–Kier alpha value is -1.64. The van der Waals surface area contributed by atoms with Crippen LogP contribution in [0.1, 0.15) is 15.9 Å². The number of nitrogens with two attached hydrogens (primary N) is 1. The fourth-order valence-corrected chi connectivity index (χ4v) is 0.744. The van der Waals surface area contributed by atoms with E-state index in [2.05, 4.69) is 0 Å². The summed E-state index contributed by atoms with van der Waals surface area (Å²) >= 11 is 0. The lowest BCUT2D eigenvalue weighted by molar-refractivity contribution is 0.100. The van der Waals surface area contributed by atoms with Gasteiger partial charge < -0.3 is 11.1 Å². The minimum Gasteiger partial charge on any atom is -0.366 e. The molecule has 3 N–H and O–H groups in total. The molecule has 3 nitrogen and oxygen atoms in total. The standard InChI is InChI=1S/C8H8N2O/c9-5-6-1-3-7(4-2-6)8(10)11/h1-5,9H,(H2,10,11). The topological polar surface area (TPSA) is 66.9 Å². The summed E-state index contributed by atoms with van der Waals surface area (Å²) in [6, 6.07) is 6.55. The Labute approximate surface area is 64.3 Å². The van der Waals surface area contributed by atoms with Crippen molar-refractivity contribution in [2.24, 2.45) is 5.73 Å². The third kappa shape index (κ3) is 1.64.